The van der Waals surface area contributed by atoms with Crippen molar-refractivity contribution in [3.05, 3.63) is 42.0 Å². The van der Waals surface area contributed by atoms with E-state index in [1.54, 1.807) is 13.3 Å². The molecule has 1 aromatic carbocycles. The van der Waals surface area contributed by atoms with Gasteiger partial charge in [-0.2, -0.15) is 4.98 Å². The van der Waals surface area contributed by atoms with Crippen molar-refractivity contribution in [2.24, 2.45) is 7.05 Å². The fraction of sp³-hybridized carbons (Fsp3) is 0.389. The number of amides is 1. The molecule has 2 atom stereocenters. The lowest BCUT2D eigenvalue weighted by molar-refractivity contribution is -0.127. The van der Waals surface area contributed by atoms with Crippen molar-refractivity contribution in [3.63, 3.8) is 0 Å². The molecule has 0 radical (unpaired) electrons. The molecule has 1 saturated heterocycles. The fourth-order valence-electron chi connectivity index (χ4n) is 3.39. The highest BCUT2D eigenvalue weighted by atomic mass is 16.4. The van der Waals surface area contributed by atoms with Crippen molar-refractivity contribution in [2.75, 3.05) is 18.4 Å². The minimum Gasteiger partial charge on any atom is -0.424 e. The molecule has 3 aromatic rings. The molecule has 1 N–H and O–H groups in total. The van der Waals surface area contributed by atoms with Crippen LogP contribution in [-0.4, -0.2) is 44.5 Å². The van der Waals surface area contributed by atoms with Crippen molar-refractivity contribution in [2.45, 2.75) is 25.8 Å². The Morgan fingerprint density at radius 2 is 2.20 bits per heavy atom. The highest BCUT2D eigenvalue weighted by molar-refractivity contribution is 5.75. The Kier molecular flexibility index (Phi) is 3.71. The average Bonchev–Trinajstić information content (AvgIpc) is 3.25. The molecule has 1 aliphatic heterocycles. The maximum atomic E-state index is 11.8. The van der Waals surface area contributed by atoms with E-state index in [4.69, 9.17) is 4.42 Å². The number of oxazole rings is 1. The van der Waals surface area contributed by atoms with Gasteiger partial charge in [0, 0.05) is 39.2 Å². The number of aryl methyl sites for hydroxylation is 2. The van der Waals surface area contributed by atoms with Crippen LogP contribution in [0.5, 0.6) is 0 Å². The Hall–Kier alpha value is -2.83. The van der Waals surface area contributed by atoms with Crippen LogP contribution in [0.3, 0.4) is 0 Å². The summed E-state index contributed by atoms with van der Waals surface area (Å²) in [6, 6.07) is 6.41. The quantitative estimate of drug-likeness (QED) is 0.792. The Balaban J connectivity index is 1.62. The summed E-state index contributed by atoms with van der Waals surface area (Å²) in [6.07, 6.45) is 3.78. The number of carbonyl (C=O) groups is 1. The monoisotopic (exact) mass is 339 g/mol. The molecule has 1 amide bonds. The molecule has 3 heterocycles. The summed E-state index contributed by atoms with van der Waals surface area (Å²) in [5.74, 6) is 0.167. The summed E-state index contributed by atoms with van der Waals surface area (Å²) in [4.78, 5) is 22.7. The van der Waals surface area contributed by atoms with E-state index in [1.165, 1.54) is 0 Å². The molecule has 130 valence electrons. The van der Waals surface area contributed by atoms with E-state index >= 15 is 0 Å². The van der Waals surface area contributed by atoms with Crippen LogP contribution >= 0.6 is 0 Å². The van der Waals surface area contributed by atoms with Crippen LogP contribution < -0.4 is 5.32 Å². The van der Waals surface area contributed by atoms with Gasteiger partial charge in [-0.1, -0.05) is 6.07 Å². The number of carbonyl (C=O) groups excluding carboxylic acids is 1. The largest absolute Gasteiger partial charge is 0.424 e. The number of likely N-dealkylation sites (tertiary alicyclic amines) is 1. The smallest absolute Gasteiger partial charge is 0.295 e. The summed E-state index contributed by atoms with van der Waals surface area (Å²) in [6.45, 7) is 4.87. The van der Waals surface area contributed by atoms with Gasteiger partial charge in [-0.3, -0.25) is 4.79 Å². The van der Waals surface area contributed by atoms with Crippen molar-refractivity contribution < 1.29 is 9.21 Å². The third-order valence-electron chi connectivity index (χ3n) is 4.72. The molecular weight excluding hydrogens is 318 g/mol. The molecule has 0 aliphatic carbocycles. The van der Waals surface area contributed by atoms with Gasteiger partial charge in [0.1, 0.15) is 5.52 Å². The summed E-state index contributed by atoms with van der Waals surface area (Å²) >= 11 is 0. The molecule has 4 rings (SSSR count). The molecule has 0 spiro atoms. The zero-order valence-electron chi connectivity index (χ0n) is 14.6. The van der Waals surface area contributed by atoms with Crippen LogP contribution in [0.2, 0.25) is 0 Å². The molecule has 0 saturated carbocycles. The van der Waals surface area contributed by atoms with Crippen LogP contribution in [0.15, 0.2) is 35.1 Å². The third-order valence-corrected chi connectivity index (χ3v) is 4.72. The van der Waals surface area contributed by atoms with Gasteiger partial charge in [0.05, 0.1) is 18.1 Å². The summed E-state index contributed by atoms with van der Waals surface area (Å²) in [5.41, 5.74) is 3.69. The Morgan fingerprint density at radius 1 is 1.36 bits per heavy atom. The number of benzene rings is 1. The van der Waals surface area contributed by atoms with Crippen LogP contribution in [-0.2, 0) is 11.8 Å². The van der Waals surface area contributed by atoms with Gasteiger partial charge in [-0.05, 0) is 24.6 Å². The van der Waals surface area contributed by atoms with Gasteiger partial charge in [0.25, 0.3) is 6.01 Å². The molecule has 2 aromatic heterocycles. The standard InChI is InChI=1S/C18H21N5O2/c1-11-4-5-17-14(6-11)20-18(25-17)21-16-9-23(12(2)24)7-13(16)15-8-22(3)10-19-15/h4-6,8,10,13,16H,7,9H2,1-3H3,(H,20,21)/t13-,16+/m0/s1. The highest BCUT2D eigenvalue weighted by Gasteiger charge is 2.37. The van der Waals surface area contributed by atoms with E-state index < -0.39 is 0 Å². The van der Waals surface area contributed by atoms with Crippen molar-refractivity contribution >= 4 is 23.0 Å². The van der Waals surface area contributed by atoms with Gasteiger partial charge in [-0.25, -0.2) is 4.98 Å². The Labute approximate surface area is 145 Å². The number of rotatable bonds is 3. The van der Waals surface area contributed by atoms with E-state index in [-0.39, 0.29) is 17.9 Å². The Morgan fingerprint density at radius 3 is 2.92 bits per heavy atom. The highest BCUT2D eigenvalue weighted by Crippen LogP contribution is 2.30. The first-order valence-corrected chi connectivity index (χ1v) is 8.36. The number of hydrogen-bond acceptors (Lipinski definition) is 5. The number of nitrogens with one attached hydrogen (secondary N) is 1. The predicted molar refractivity (Wildman–Crippen MR) is 94.4 cm³/mol. The predicted octanol–water partition coefficient (Wildman–Crippen LogP) is 2.30. The molecule has 1 fully saturated rings. The van der Waals surface area contributed by atoms with Crippen LogP contribution in [0.4, 0.5) is 6.01 Å². The van der Waals surface area contributed by atoms with Crippen molar-refractivity contribution in [3.8, 4) is 0 Å². The minimum atomic E-state index is 0.00737. The van der Waals surface area contributed by atoms with Gasteiger partial charge in [0.15, 0.2) is 5.58 Å². The van der Waals surface area contributed by atoms with Crippen LogP contribution in [0, 0.1) is 6.92 Å². The normalized spacial score (nSPS) is 20.4. The van der Waals surface area contributed by atoms with Gasteiger partial charge in [0.2, 0.25) is 5.91 Å². The number of imidazole rings is 1. The van der Waals surface area contributed by atoms with E-state index in [2.05, 4.69) is 15.3 Å². The van der Waals surface area contributed by atoms with E-state index in [9.17, 15) is 4.79 Å². The van der Waals surface area contributed by atoms with Crippen LogP contribution in [0.1, 0.15) is 24.1 Å². The molecule has 7 heteroatoms. The molecule has 0 bridgehead atoms. The average molecular weight is 339 g/mol. The number of anilines is 1. The van der Waals surface area contributed by atoms with Crippen molar-refractivity contribution in [1.29, 1.82) is 0 Å². The second-order valence-electron chi connectivity index (χ2n) is 6.74. The maximum absolute atomic E-state index is 11.8. The second-order valence-corrected chi connectivity index (χ2v) is 6.74. The third kappa shape index (κ3) is 2.97. The number of nitrogens with zero attached hydrogens (tertiary/aromatic N) is 4. The first-order chi connectivity index (χ1) is 12.0. The maximum Gasteiger partial charge on any atom is 0.295 e. The lowest BCUT2D eigenvalue weighted by atomic mass is 10.0. The number of aromatic nitrogens is 3. The fourth-order valence-corrected chi connectivity index (χ4v) is 3.39. The van der Waals surface area contributed by atoms with Gasteiger partial charge in [-0.15, -0.1) is 0 Å². The van der Waals surface area contributed by atoms with Crippen molar-refractivity contribution in [1.82, 2.24) is 19.4 Å². The first-order valence-electron chi connectivity index (χ1n) is 8.36. The van der Waals surface area contributed by atoms with E-state index in [0.717, 1.165) is 22.4 Å². The lowest BCUT2D eigenvalue weighted by Gasteiger charge is -2.16. The van der Waals surface area contributed by atoms with Crippen LogP contribution in [0.25, 0.3) is 11.1 Å². The van der Waals surface area contributed by atoms with E-state index in [0.29, 0.717) is 19.1 Å². The second kappa shape index (κ2) is 5.91. The minimum absolute atomic E-state index is 0.00737. The lowest BCUT2D eigenvalue weighted by Crippen LogP contribution is -2.30. The summed E-state index contributed by atoms with van der Waals surface area (Å²) in [5, 5.41) is 3.37. The zero-order chi connectivity index (χ0) is 17.6. The number of fused-ring (bicyclic) bond motifs is 1. The molecular formula is C18H21N5O2. The number of hydrogen-bond donors (Lipinski definition) is 1. The van der Waals surface area contributed by atoms with Gasteiger partial charge >= 0.3 is 0 Å². The SMILES string of the molecule is CC(=O)N1C[C@@H](Nc2nc3cc(C)ccc3o2)[C@H](c2cn(C)cn2)C1. The first kappa shape index (κ1) is 15.7. The zero-order valence-corrected chi connectivity index (χ0v) is 14.6. The van der Waals surface area contributed by atoms with Gasteiger partial charge < -0.3 is 19.2 Å². The molecule has 0 unspecified atom stereocenters. The van der Waals surface area contributed by atoms with E-state index in [1.807, 2.05) is 47.8 Å². The summed E-state index contributed by atoms with van der Waals surface area (Å²) in [7, 11) is 1.94. The topological polar surface area (TPSA) is 76.2 Å². The molecule has 1 aliphatic rings. The molecule has 7 nitrogen and oxygen atoms in total. The summed E-state index contributed by atoms with van der Waals surface area (Å²) < 4.78 is 7.74. The molecule has 25 heavy (non-hydrogen) atoms. The Bertz CT molecular complexity index is 929.